The Morgan fingerprint density at radius 3 is 2.76 bits per heavy atom. The van der Waals surface area contributed by atoms with Crippen LogP contribution in [0.1, 0.15) is 19.3 Å². The summed E-state index contributed by atoms with van der Waals surface area (Å²) < 4.78 is 5.36. The molecule has 0 amide bonds. The summed E-state index contributed by atoms with van der Waals surface area (Å²) in [5.74, 6) is 0. The van der Waals surface area contributed by atoms with Gasteiger partial charge in [0.15, 0.2) is 0 Å². The highest BCUT2D eigenvalue weighted by Crippen LogP contribution is 2.26. The van der Waals surface area contributed by atoms with E-state index in [9.17, 15) is 4.79 Å². The molecule has 98 valence electrons. The Morgan fingerprint density at radius 1 is 1.41 bits per heavy atom. The van der Waals surface area contributed by atoms with Gasteiger partial charge in [-0.25, -0.2) is 0 Å². The monoisotopic (exact) mass is 240 g/mol. The number of nitrogens with zero attached hydrogens (tertiary/aromatic N) is 2. The molecule has 0 bridgehead atoms. The maximum absolute atomic E-state index is 11.2. The molecule has 0 aromatic carbocycles. The zero-order valence-electron chi connectivity index (χ0n) is 10.9. The first kappa shape index (κ1) is 13.0. The Kier molecular flexibility index (Phi) is 4.54. The molecule has 0 aliphatic carbocycles. The van der Waals surface area contributed by atoms with E-state index in [1.807, 2.05) is 0 Å². The number of likely N-dealkylation sites (tertiary alicyclic amines) is 1. The first-order chi connectivity index (χ1) is 8.24. The summed E-state index contributed by atoms with van der Waals surface area (Å²) in [5, 5.41) is 0. The van der Waals surface area contributed by atoms with Gasteiger partial charge in [-0.15, -0.1) is 0 Å². The number of likely N-dealkylation sites (N-methyl/N-ethyl adjacent to an activating group) is 1. The van der Waals surface area contributed by atoms with Gasteiger partial charge in [-0.1, -0.05) is 0 Å². The van der Waals surface area contributed by atoms with Gasteiger partial charge in [-0.3, -0.25) is 0 Å². The Labute approximate surface area is 104 Å². The van der Waals surface area contributed by atoms with Crippen LogP contribution in [0.4, 0.5) is 0 Å². The van der Waals surface area contributed by atoms with Crippen LogP contribution < -0.4 is 0 Å². The first-order valence-corrected chi connectivity index (χ1v) is 6.69. The quantitative estimate of drug-likeness (QED) is 0.637. The number of carbonyl (C=O) groups excluding carboxylic acids is 1. The second kappa shape index (κ2) is 5.94. The summed E-state index contributed by atoms with van der Waals surface area (Å²) >= 11 is 0. The number of aldehydes is 1. The Bertz CT molecular complexity index is 246. The maximum atomic E-state index is 11.2. The van der Waals surface area contributed by atoms with Crippen molar-refractivity contribution in [2.45, 2.75) is 19.3 Å². The highest BCUT2D eigenvalue weighted by atomic mass is 16.5. The second-order valence-corrected chi connectivity index (χ2v) is 5.57. The molecule has 2 saturated heterocycles. The van der Waals surface area contributed by atoms with Crippen LogP contribution in [0.25, 0.3) is 0 Å². The largest absolute Gasteiger partial charge is 0.380 e. The maximum Gasteiger partial charge on any atom is 0.129 e. The van der Waals surface area contributed by atoms with E-state index in [1.165, 1.54) is 25.9 Å². The first-order valence-electron chi connectivity index (χ1n) is 6.69. The molecule has 2 fully saturated rings. The average molecular weight is 240 g/mol. The average Bonchev–Trinajstić information content (AvgIpc) is 2.98. The molecule has 0 spiro atoms. The Balaban J connectivity index is 1.71. The summed E-state index contributed by atoms with van der Waals surface area (Å²) in [6.07, 6.45) is 4.67. The Morgan fingerprint density at radius 2 is 2.18 bits per heavy atom. The lowest BCUT2D eigenvalue weighted by Crippen LogP contribution is -2.40. The normalized spacial score (nSPS) is 30.2. The van der Waals surface area contributed by atoms with Crippen LogP contribution in [-0.4, -0.2) is 69.1 Å². The van der Waals surface area contributed by atoms with Gasteiger partial charge in [0.2, 0.25) is 0 Å². The lowest BCUT2D eigenvalue weighted by molar-refractivity contribution is -0.117. The zero-order valence-corrected chi connectivity index (χ0v) is 10.9. The molecule has 2 aliphatic rings. The molecule has 0 aromatic rings. The van der Waals surface area contributed by atoms with Crippen LogP contribution in [0.3, 0.4) is 0 Å². The molecular formula is C13H24N2O2. The standard InChI is InChI=1S/C13H24N2O2/c1-14(7-8-15-5-2-3-6-15)10-13(11-16)4-9-17-12-13/h11H,2-10,12H2,1H3. The van der Waals surface area contributed by atoms with Crippen LogP contribution in [0, 0.1) is 5.41 Å². The van der Waals surface area contributed by atoms with Crippen molar-refractivity contribution in [1.82, 2.24) is 9.80 Å². The van der Waals surface area contributed by atoms with E-state index in [2.05, 4.69) is 16.8 Å². The molecule has 2 heterocycles. The smallest absolute Gasteiger partial charge is 0.129 e. The van der Waals surface area contributed by atoms with Crippen molar-refractivity contribution in [3.05, 3.63) is 0 Å². The van der Waals surface area contributed by atoms with Gasteiger partial charge in [0.1, 0.15) is 6.29 Å². The fourth-order valence-electron chi connectivity index (χ4n) is 2.81. The molecule has 4 nitrogen and oxygen atoms in total. The molecule has 4 heteroatoms. The van der Waals surface area contributed by atoms with E-state index in [4.69, 9.17) is 4.74 Å². The minimum atomic E-state index is -0.236. The SMILES string of the molecule is CN(CCN1CCCC1)CC1(C=O)CCOC1. The predicted molar refractivity (Wildman–Crippen MR) is 67.1 cm³/mol. The van der Waals surface area contributed by atoms with Crippen LogP contribution in [-0.2, 0) is 9.53 Å². The van der Waals surface area contributed by atoms with Crippen molar-refractivity contribution in [3.63, 3.8) is 0 Å². The van der Waals surface area contributed by atoms with Gasteiger partial charge < -0.3 is 19.3 Å². The molecule has 1 unspecified atom stereocenters. The van der Waals surface area contributed by atoms with Crippen molar-refractivity contribution in [2.24, 2.45) is 5.41 Å². The number of hydrogen-bond acceptors (Lipinski definition) is 4. The molecule has 0 N–H and O–H groups in total. The van der Waals surface area contributed by atoms with E-state index < -0.39 is 0 Å². The second-order valence-electron chi connectivity index (χ2n) is 5.57. The van der Waals surface area contributed by atoms with Crippen LogP contribution in [0.2, 0.25) is 0 Å². The van der Waals surface area contributed by atoms with Crippen molar-refractivity contribution < 1.29 is 9.53 Å². The third-order valence-electron chi connectivity index (χ3n) is 3.97. The van der Waals surface area contributed by atoms with Crippen LogP contribution in [0.15, 0.2) is 0 Å². The fourth-order valence-corrected chi connectivity index (χ4v) is 2.81. The van der Waals surface area contributed by atoms with Crippen molar-refractivity contribution in [1.29, 1.82) is 0 Å². The Hall–Kier alpha value is -0.450. The van der Waals surface area contributed by atoms with Gasteiger partial charge in [0.25, 0.3) is 0 Å². The highest BCUT2D eigenvalue weighted by Gasteiger charge is 2.35. The molecule has 17 heavy (non-hydrogen) atoms. The van der Waals surface area contributed by atoms with Gasteiger partial charge in [-0.05, 0) is 39.4 Å². The molecular weight excluding hydrogens is 216 g/mol. The summed E-state index contributed by atoms with van der Waals surface area (Å²) in [6.45, 7) is 6.85. The summed E-state index contributed by atoms with van der Waals surface area (Å²) in [6, 6.07) is 0. The molecule has 0 radical (unpaired) electrons. The molecule has 0 aromatic heterocycles. The van der Waals surface area contributed by atoms with E-state index in [0.717, 1.165) is 38.9 Å². The number of rotatable bonds is 6. The van der Waals surface area contributed by atoms with Gasteiger partial charge >= 0.3 is 0 Å². The summed E-state index contributed by atoms with van der Waals surface area (Å²) in [4.78, 5) is 16.0. The lowest BCUT2D eigenvalue weighted by atomic mass is 9.89. The van der Waals surface area contributed by atoms with Gasteiger partial charge in [0.05, 0.1) is 12.0 Å². The highest BCUT2D eigenvalue weighted by molar-refractivity contribution is 5.60. The molecule has 2 aliphatic heterocycles. The number of carbonyl (C=O) groups is 1. The molecule has 2 rings (SSSR count). The minimum absolute atomic E-state index is 0.236. The van der Waals surface area contributed by atoms with Gasteiger partial charge in [-0.2, -0.15) is 0 Å². The fraction of sp³-hybridized carbons (Fsp3) is 0.923. The number of hydrogen-bond donors (Lipinski definition) is 0. The third-order valence-corrected chi connectivity index (χ3v) is 3.97. The van der Waals surface area contributed by atoms with Gasteiger partial charge in [0, 0.05) is 26.2 Å². The molecule has 1 atom stereocenters. The van der Waals surface area contributed by atoms with E-state index in [-0.39, 0.29) is 5.41 Å². The third kappa shape index (κ3) is 3.50. The molecule has 0 saturated carbocycles. The summed E-state index contributed by atoms with van der Waals surface area (Å²) in [7, 11) is 2.11. The zero-order chi connectivity index (χ0) is 12.1. The van der Waals surface area contributed by atoms with Crippen molar-refractivity contribution >= 4 is 6.29 Å². The lowest BCUT2D eigenvalue weighted by Gasteiger charge is -2.28. The van der Waals surface area contributed by atoms with Crippen molar-refractivity contribution in [2.75, 3.05) is 53.0 Å². The van der Waals surface area contributed by atoms with E-state index >= 15 is 0 Å². The van der Waals surface area contributed by atoms with Crippen LogP contribution in [0.5, 0.6) is 0 Å². The van der Waals surface area contributed by atoms with E-state index in [0.29, 0.717) is 6.61 Å². The van der Waals surface area contributed by atoms with E-state index in [1.54, 1.807) is 0 Å². The topological polar surface area (TPSA) is 32.8 Å². The minimum Gasteiger partial charge on any atom is -0.380 e. The predicted octanol–water partition coefficient (Wildman–Crippen LogP) is 0.620. The summed E-state index contributed by atoms with van der Waals surface area (Å²) in [5.41, 5.74) is -0.236. The van der Waals surface area contributed by atoms with Crippen molar-refractivity contribution in [3.8, 4) is 0 Å². The van der Waals surface area contributed by atoms with Crippen LogP contribution >= 0.6 is 0 Å². The number of ether oxygens (including phenoxy) is 1.